The van der Waals surface area contributed by atoms with Crippen molar-refractivity contribution >= 4 is 5.78 Å². The summed E-state index contributed by atoms with van der Waals surface area (Å²) in [6.07, 6.45) is 0. The van der Waals surface area contributed by atoms with Gasteiger partial charge in [-0.25, -0.2) is 4.39 Å². The summed E-state index contributed by atoms with van der Waals surface area (Å²) in [6, 6.07) is 11.2. The number of methoxy groups -OCH3 is 1. The molecular weight excluding hydrogens is 259 g/mol. The highest BCUT2D eigenvalue weighted by atomic mass is 19.1. The fourth-order valence-corrected chi connectivity index (χ4v) is 1.79. The van der Waals surface area contributed by atoms with E-state index in [4.69, 9.17) is 9.47 Å². The van der Waals surface area contributed by atoms with Crippen LogP contribution in [0.1, 0.15) is 22.8 Å². The van der Waals surface area contributed by atoms with Crippen molar-refractivity contribution in [1.82, 2.24) is 0 Å². The Bertz CT molecular complexity index is 623. The number of benzene rings is 2. The number of ether oxygens (including phenoxy) is 2. The number of rotatable bonds is 5. The molecule has 0 N–H and O–H groups in total. The van der Waals surface area contributed by atoms with Crippen molar-refractivity contribution in [2.45, 2.75) is 13.5 Å². The molecule has 0 aliphatic heterocycles. The van der Waals surface area contributed by atoms with E-state index < -0.39 is 0 Å². The normalized spacial score (nSPS) is 10.2. The number of carbonyl (C=O) groups excluding carboxylic acids is 1. The molecule has 0 saturated carbocycles. The second-order valence-corrected chi connectivity index (χ2v) is 4.34. The van der Waals surface area contributed by atoms with Crippen LogP contribution in [0.25, 0.3) is 0 Å². The molecule has 0 saturated heterocycles. The highest BCUT2D eigenvalue weighted by Crippen LogP contribution is 2.29. The van der Waals surface area contributed by atoms with Crippen LogP contribution in [0, 0.1) is 5.82 Å². The van der Waals surface area contributed by atoms with Gasteiger partial charge in [0, 0.05) is 5.56 Å². The van der Waals surface area contributed by atoms with Gasteiger partial charge < -0.3 is 9.47 Å². The third-order valence-electron chi connectivity index (χ3n) is 2.85. The maximum Gasteiger partial charge on any atom is 0.161 e. The van der Waals surface area contributed by atoms with Crippen LogP contribution in [0.4, 0.5) is 4.39 Å². The average Bonchev–Trinajstić information content (AvgIpc) is 2.45. The summed E-state index contributed by atoms with van der Waals surface area (Å²) >= 11 is 0. The van der Waals surface area contributed by atoms with E-state index in [2.05, 4.69) is 0 Å². The van der Waals surface area contributed by atoms with Gasteiger partial charge in [0.15, 0.2) is 17.3 Å². The number of Topliss-reactive ketones (excluding diaryl/α,β-unsaturated/α-hetero) is 1. The first-order valence-corrected chi connectivity index (χ1v) is 6.16. The van der Waals surface area contributed by atoms with Crippen LogP contribution in [0.3, 0.4) is 0 Å². The molecule has 3 nitrogen and oxygen atoms in total. The smallest absolute Gasteiger partial charge is 0.161 e. The molecule has 2 aromatic rings. The monoisotopic (exact) mass is 274 g/mol. The summed E-state index contributed by atoms with van der Waals surface area (Å²) in [5, 5.41) is 0. The molecule has 0 unspecified atom stereocenters. The van der Waals surface area contributed by atoms with Gasteiger partial charge in [-0.3, -0.25) is 4.79 Å². The van der Waals surface area contributed by atoms with Crippen molar-refractivity contribution < 1.29 is 18.7 Å². The number of carbonyl (C=O) groups is 1. The Morgan fingerprint density at radius 3 is 2.60 bits per heavy atom. The molecule has 20 heavy (non-hydrogen) atoms. The van der Waals surface area contributed by atoms with Gasteiger partial charge in [-0.05, 0) is 42.8 Å². The minimum absolute atomic E-state index is 0.0417. The van der Waals surface area contributed by atoms with E-state index in [1.54, 1.807) is 30.3 Å². The maximum absolute atomic E-state index is 13.1. The summed E-state index contributed by atoms with van der Waals surface area (Å²) in [7, 11) is 1.51. The second kappa shape index (κ2) is 6.19. The Morgan fingerprint density at radius 2 is 1.95 bits per heavy atom. The number of hydrogen-bond acceptors (Lipinski definition) is 3. The summed E-state index contributed by atoms with van der Waals surface area (Å²) in [5.41, 5.74) is 1.28. The van der Waals surface area contributed by atoms with E-state index in [0.717, 1.165) is 5.56 Å². The molecule has 2 aromatic carbocycles. The third kappa shape index (κ3) is 3.35. The van der Waals surface area contributed by atoms with Crippen LogP contribution in [-0.2, 0) is 6.61 Å². The molecule has 4 heteroatoms. The molecule has 0 spiro atoms. The van der Waals surface area contributed by atoms with Crippen molar-refractivity contribution in [2.75, 3.05) is 7.11 Å². The van der Waals surface area contributed by atoms with Gasteiger partial charge in [-0.1, -0.05) is 12.1 Å². The largest absolute Gasteiger partial charge is 0.493 e. The summed E-state index contributed by atoms with van der Waals surface area (Å²) in [4.78, 5) is 11.3. The molecule has 0 aliphatic rings. The van der Waals surface area contributed by atoms with E-state index in [-0.39, 0.29) is 18.2 Å². The average molecular weight is 274 g/mol. The van der Waals surface area contributed by atoms with Crippen LogP contribution < -0.4 is 9.47 Å². The highest BCUT2D eigenvalue weighted by molar-refractivity contribution is 5.94. The molecule has 0 aromatic heterocycles. The minimum atomic E-state index is -0.301. The third-order valence-corrected chi connectivity index (χ3v) is 2.85. The van der Waals surface area contributed by atoms with E-state index in [9.17, 15) is 9.18 Å². The molecule has 0 amide bonds. The molecule has 0 heterocycles. The molecule has 0 fully saturated rings. The van der Waals surface area contributed by atoms with Crippen LogP contribution in [0.2, 0.25) is 0 Å². The quantitative estimate of drug-likeness (QED) is 0.781. The van der Waals surface area contributed by atoms with Gasteiger partial charge >= 0.3 is 0 Å². The number of ketones is 1. The van der Waals surface area contributed by atoms with Crippen LogP contribution in [-0.4, -0.2) is 12.9 Å². The molecule has 104 valence electrons. The van der Waals surface area contributed by atoms with E-state index in [1.807, 2.05) is 0 Å². The van der Waals surface area contributed by atoms with Crippen LogP contribution in [0.15, 0.2) is 42.5 Å². The Kier molecular flexibility index (Phi) is 4.35. The SMILES string of the molecule is COc1cc(C(C)=O)ccc1OCc1cccc(F)c1. The molecule has 0 radical (unpaired) electrons. The summed E-state index contributed by atoms with van der Waals surface area (Å²) < 4.78 is 23.9. The van der Waals surface area contributed by atoms with Gasteiger partial charge in [0.25, 0.3) is 0 Å². The topological polar surface area (TPSA) is 35.5 Å². The second-order valence-electron chi connectivity index (χ2n) is 4.34. The van der Waals surface area contributed by atoms with Crippen molar-refractivity contribution in [3.8, 4) is 11.5 Å². The zero-order chi connectivity index (χ0) is 14.5. The molecule has 2 rings (SSSR count). The lowest BCUT2D eigenvalue weighted by atomic mass is 10.1. The molecular formula is C16H15FO3. The Labute approximate surface area is 117 Å². The highest BCUT2D eigenvalue weighted by Gasteiger charge is 2.08. The standard InChI is InChI=1S/C16H15FO3/c1-11(18)13-6-7-15(16(9-13)19-2)20-10-12-4-3-5-14(17)8-12/h3-9H,10H2,1-2H3. The van der Waals surface area contributed by atoms with Gasteiger partial charge in [0.05, 0.1) is 7.11 Å². The van der Waals surface area contributed by atoms with Crippen LogP contribution >= 0.6 is 0 Å². The predicted octanol–water partition coefficient (Wildman–Crippen LogP) is 3.62. The predicted molar refractivity (Wildman–Crippen MR) is 73.7 cm³/mol. The van der Waals surface area contributed by atoms with Gasteiger partial charge in [0.1, 0.15) is 12.4 Å². The summed E-state index contributed by atoms with van der Waals surface area (Å²) in [6.45, 7) is 1.72. The van der Waals surface area contributed by atoms with Gasteiger partial charge in [0.2, 0.25) is 0 Å². The first-order valence-electron chi connectivity index (χ1n) is 6.16. The van der Waals surface area contributed by atoms with Crippen molar-refractivity contribution in [1.29, 1.82) is 0 Å². The van der Waals surface area contributed by atoms with Crippen LogP contribution in [0.5, 0.6) is 11.5 Å². The Morgan fingerprint density at radius 1 is 1.15 bits per heavy atom. The maximum atomic E-state index is 13.1. The number of hydrogen-bond donors (Lipinski definition) is 0. The van der Waals surface area contributed by atoms with E-state index in [1.165, 1.54) is 26.2 Å². The van der Waals surface area contributed by atoms with Gasteiger partial charge in [-0.15, -0.1) is 0 Å². The molecule has 0 aliphatic carbocycles. The zero-order valence-electron chi connectivity index (χ0n) is 11.4. The fourth-order valence-electron chi connectivity index (χ4n) is 1.79. The minimum Gasteiger partial charge on any atom is -0.493 e. The van der Waals surface area contributed by atoms with Gasteiger partial charge in [-0.2, -0.15) is 0 Å². The Balaban J connectivity index is 2.15. The zero-order valence-corrected chi connectivity index (χ0v) is 11.4. The Hall–Kier alpha value is -2.36. The van der Waals surface area contributed by atoms with Crippen molar-refractivity contribution in [3.05, 3.63) is 59.4 Å². The fraction of sp³-hybridized carbons (Fsp3) is 0.188. The first-order chi connectivity index (χ1) is 9.60. The molecule has 0 atom stereocenters. The lowest BCUT2D eigenvalue weighted by molar-refractivity contribution is 0.101. The van der Waals surface area contributed by atoms with E-state index >= 15 is 0 Å². The van der Waals surface area contributed by atoms with Crippen molar-refractivity contribution in [3.63, 3.8) is 0 Å². The summed E-state index contributed by atoms with van der Waals surface area (Å²) in [5.74, 6) is 0.654. The lowest BCUT2D eigenvalue weighted by Crippen LogP contribution is -2.00. The lowest BCUT2D eigenvalue weighted by Gasteiger charge is -2.11. The van der Waals surface area contributed by atoms with Crippen molar-refractivity contribution in [2.24, 2.45) is 0 Å². The number of halogens is 1. The first kappa shape index (κ1) is 14.1. The van der Waals surface area contributed by atoms with E-state index in [0.29, 0.717) is 17.1 Å². The molecule has 0 bridgehead atoms.